The lowest BCUT2D eigenvalue weighted by atomic mass is 10.2. The quantitative estimate of drug-likeness (QED) is 0.602. The molecule has 0 atom stereocenters. The number of rotatable bonds is 7. The number of nitrogens with one attached hydrogen (secondary N) is 1. The predicted octanol–water partition coefficient (Wildman–Crippen LogP) is 3.27. The summed E-state index contributed by atoms with van der Waals surface area (Å²) >= 11 is 0. The summed E-state index contributed by atoms with van der Waals surface area (Å²) < 4.78 is 34.4. The molecule has 0 fully saturated rings. The molecule has 7 heteroatoms. The van der Waals surface area contributed by atoms with Gasteiger partial charge in [0.05, 0.1) is 13.7 Å². The number of nitrogens with two attached hydrogens (primary N) is 1. The average molecular weight is 335 g/mol. The van der Waals surface area contributed by atoms with Gasteiger partial charge in [0, 0.05) is 5.69 Å². The van der Waals surface area contributed by atoms with Crippen molar-refractivity contribution in [3.8, 4) is 11.5 Å². The first-order chi connectivity index (χ1) is 11.6. The monoisotopic (exact) mass is 335 g/mol. The molecule has 0 unspecified atom stereocenters. The minimum Gasteiger partial charge on any atom is -0.497 e. The SMILES string of the molecule is COc1ccc(NC(N)=NCc2cccc(OCC(F)F)c2)cc1. The number of anilines is 1. The Labute approximate surface area is 139 Å². The van der Waals surface area contributed by atoms with E-state index in [9.17, 15) is 8.78 Å². The summed E-state index contributed by atoms with van der Waals surface area (Å²) in [5.74, 6) is 1.38. The van der Waals surface area contributed by atoms with Crippen LogP contribution >= 0.6 is 0 Å². The van der Waals surface area contributed by atoms with E-state index in [2.05, 4.69) is 10.3 Å². The largest absolute Gasteiger partial charge is 0.497 e. The summed E-state index contributed by atoms with van der Waals surface area (Å²) in [6.45, 7) is -0.325. The Balaban J connectivity index is 1.92. The molecular formula is C17H19F2N3O2. The van der Waals surface area contributed by atoms with Crippen LogP contribution in [0.1, 0.15) is 5.56 Å². The predicted molar refractivity (Wildman–Crippen MR) is 89.9 cm³/mol. The maximum Gasteiger partial charge on any atom is 0.272 e. The number of alkyl halides is 2. The maximum atomic E-state index is 12.2. The van der Waals surface area contributed by atoms with Crippen LogP contribution in [0.25, 0.3) is 0 Å². The van der Waals surface area contributed by atoms with Gasteiger partial charge in [-0.15, -0.1) is 0 Å². The van der Waals surface area contributed by atoms with Crippen LogP contribution < -0.4 is 20.5 Å². The molecule has 0 heterocycles. The first-order valence-electron chi connectivity index (χ1n) is 7.27. The van der Waals surface area contributed by atoms with Gasteiger partial charge in [-0.1, -0.05) is 12.1 Å². The van der Waals surface area contributed by atoms with Crippen LogP contribution in [0, 0.1) is 0 Å². The number of hydrogen-bond acceptors (Lipinski definition) is 3. The Bertz CT molecular complexity index is 676. The van der Waals surface area contributed by atoms with E-state index in [0.717, 1.165) is 17.0 Å². The molecule has 0 bridgehead atoms. The Kier molecular flexibility index (Phi) is 6.36. The molecule has 128 valence electrons. The number of benzene rings is 2. The van der Waals surface area contributed by atoms with Crippen molar-refractivity contribution in [1.29, 1.82) is 0 Å². The molecule has 2 rings (SSSR count). The zero-order chi connectivity index (χ0) is 17.4. The molecule has 0 spiro atoms. The fourth-order valence-electron chi connectivity index (χ4n) is 1.93. The Morgan fingerprint density at radius 2 is 1.92 bits per heavy atom. The molecule has 0 aromatic heterocycles. The third-order valence-corrected chi connectivity index (χ3v) is 3.07. The van der Waals surface area contributed by atoms with Crippen LogP contribution in [0.4, 0.5) is 14.5 Å². The van der Waals surface area contributed by atoms with E-state index in [0.29, 0.717) is 12.3 Å². The molecule has 3 N–H and O–H groups in total. The average Bonchev–Trinajstić information content (AvgIpc) is 2.59. The zero-order valence-electron chi connectivity index (χ0n) is 13.2. The molecule has 2 aromatic carbocycles. The van der Waals surface area contributed by atoms with Crippen molar-refractivity contribution < 1.29 is 18.3 Å². The molecule has 0 aliphatic heterocycles. The van der Waals surface area contributed by atoms with Crippen molar-refractivity contribution in [2.75, 3.05) is 19.0 Å². The summed E-state index contributed by atoms with van der Waals surface area (Å²) in [4.78, 5) is 4.22. The Morgan fingerprint density at radius 3 is 2.58 bits per heavy atom. The van der Waals surface area contributed by atoms with Crippen molar-refractivity contribution in [3.63, 3.8) is 0 Å². The van der Waals surface area contributed by atoms with Crippen LogP contribution in [0.15, 0.2) is 53.5 Å². The third kappa shape index (κ3) is 5.75. The second-order valence-electron chi connectivity index (χ2n) is 4.90. The van der Waals surface area contributed by atoms with E-state index in [1.165, 1.54) is 0 Å². The number of guanidine groups is 1. The second-order valence-corrected chi connectivity index (χ2v) is 4.90. The van der Waals surface area contributed by atoms with Gasteiger partial charge in [-0.3, -0.25) is 0 Å². The lowest BCUT2D eigenvalue weighted by molar-refractivity contribution is 0.0818. The fraction of sp³-hybridized carbons (Fsp3) is 0.235. The van der Waals surface area contributed by atoms with E-state index in [-0.39, 0.29) is 5.96 Å². The van der Waals surface area contributed by atoms with Gasteiger partial charge in [-0.25, -0.2) is 13.8 Å². The maximum absolute atomic E-state index is 12.2. The van der Waals surface area contributed by atoms with Crippen LogP contribution in [0.3, 0.4) is 0 Å². The molecule has 0 saturated carbocycles. The van der Waals surface area contributed by atoms with Gasteiger partial charge < -0.3 is 20.5 Å². The van der Waals surface area contributed by atoms with Crippen LogP contribution in [-0.4, -0.2) is 26.1 Å². The highest BCUT2D eigenvalue weighted by molar-refractivity contribution is 5.92. The summed E-state index contributed by atoms with van der Waals surface area (Å²) in [6, 6.07) is 14.1. The highest BCUT2D eigenvalue weighted by Crippen LogP contribution is 2.16. The molecule has 0 saturated heterocycles. The van der Waals surface area contributed by atoms with Crippen LogP contribution in [0.5, 0.6) is 11.5 Å². The minimum atomic E-state index is -2.50. The van der Waals surface area contributed by atoms with Gasteiger partial charge in [0.1, 0.15) is 18.1 Å². The molecule has 0 amide bonds. The van der Waals surface area contributed by atoms with E-state index in [1.54, 1.807) is 37.4 Å². The van der Waals surface area contributed by atoms with Crippen molar-refractivity contribution in [1.82, 2.24) is 0 Å². The van der Waals surface area contributed by atoms with Gasteiger partial charge in [0.2, 0.25) is 0 Å². The third-order valence-electron chi connectivity index (χ3n) is 3.07. The fourth-order valence-corrected chi connectivity index (χ4v) is 1.93. The number of ether oxygens (including phenoxy) is 2. The van der Waals surface area contributed by atoms with Crippen molar-refractivity contribution in [2.45, 2.75) is 13.0 Å². The second kappa shape index (κ2) is 8.71. The van der Waals surface area contributed by atoms with E-state index in [4.69, 9.17) is 15.2 Å². The first kappa shape index (κ1) is 17.5. The first-order valence-corrected chi connectivity index (χ1v) is 7.27. The minimum absolute atomic E-state index is 0.249. The van der Waals surface area contributed by atoms with Gasteiger partial charge in [0.15, 0.2) is 5.96 Å². The van der Waals surface area contributed by atoms with Gasteiger partial charge in [0.25, 0.3) is 6.43 Å². The van der Waals surface area contributed by atoms with E-state index in [1.807, 2.05) is 18.2 Å². The number of hydrogen-bond donors (Lipinski definition) is 2. The van der Waals surface area contributed by atoms with Crippen LogP contribution in [0.2, 0.25) is 0 Å². The van der Waals surface area contributed by atoms with Gasteiger partial charge in [-0.2, -0.15) is 0 Å². The van der Waals surface area contributed by atoms with Crippen LogP contribution in [-0.2, 0) is 6.54 Å². The highest BCUT2D eigenvalue weighted by Gasteiger charge is 2.04. The number of nitrogens with zero attached hydrogens (tertiary/aromatic N) is 1. The number of aliphatic imine (C=N–C) groups is 1. The summed E-state index contributed by atoms with van der Waals surface area (Å²) in [5, 5.41) is 2.96. The Hall–Kier alpha value is -2.83. The molecule has 24 heavy (non-hydrogen) atoms. The molecular weight excluding hydrogens is 316 g/mol. The molecule has 5 nitrogen and oxygen atoms in total. The lowest BCUT2D eigenvalue weighted by Crippen LogP contribution is -2.22. The highest BCUT2D eigenvalue weighted by atomic mass is 19.3. The van der Waals surface area contributed by atoms with Crippen molar-refractivity contribution in [3.05, 3.63) is 54.1 Å². The van der Waals surface area contributed by atoms with E-state index >= 15 is 0 Å². The smallest absolute Gasteiger partial charge is 0.272 e. The number of methoxy groups -OCH3 is 1. The summed E-state index contributed by atoms with van der Waals surface area (Å²) in [5.41, 5.74) is 7.43. The lowest BCUT2D eigenvalue weighted by Gasteiger charge is -2.08. The standard InChI is InChI=1S/C17H19F2N3O2/c1-23-14-7-5-13(6-8-14)22-17(20)21-10-12-3-2-4-15(9-12)24-11-16(18)19/h2-9,16H,10-11H2,1H3,(H3,20,21,22). The van der Waals surface area contributed by atoms with Gasteiger partial charge >= 0.3 is 0 Å². The molecule has 0 radical (unpaired) electrons. The van der Waals surface area contributed by atoms with Crippen molar-refractivity contribution >= 4 is 11.6 Å². The molecule has 0 aliphatic rings. The summed E-state index contributed by atoms with van der Waals surface area (Å²) in [7, 11) is 1.59. The topological polar surface area (TPSA) is 68.9 Å². The molecule has 0 aliphatic carbocycles. The van der Waals surface area contributed by atoms with Crippen molar-refractivity contribution in [2.24, 2.45) is 10.7 Å². The molecule has 2 aromatic rings. The summed E-state index contributed by atoms with van der Waals surface area (Å²) in [6.07, 6.45) is -2.50. The van der Waals surface area contributed by atoms with Gasteiger partial charge in [-0.05, 0) is 42.0 Å². The zero-order valence-corrected chi connectivity index (χ0v) is 13.2. The van der Waals surface area contributed by atoms with E-state index < -0.39 is 13.0 Å². The normalized spacial score (nSPS) is 11.4. The Morgan fingerprint density at radius 1 is 1.17 bits per heavy atom. The number of halogens is 2.